The fourth-order valence-electron chi connectivity index (χ4n) is 4.89. The molecule has 4 rings (SSSR count). The summed E-state index contributed by atoms with van der Waals surface area (Å²) in [4.78, 5) is 32.0. The lowest BCUT2D eigenvalue weighted by Gasteiger charge is -2.33. The highest BCUT2D eigenvalue weighted by Crippen LogP contribution is 2.36. The van der Waals surface area contributed by atoms with E-state index in [1.807, 2.05) is 36.0 Å². The summed E-state index contributed by atoms with van der Waals surface area (Å²) in [5.41, 5.74) is 5.25. The number of allylic oxidation sites excluding steroid dienone is 2. The van der Waals surface area contributed by atoms with Crippen LogP contribution in [-0.4, -0.2) is 60.3 Å². The Bertz CT molecular complexity index is 1120. The van der Waals surface area contributed by atoms with E-state index in [2.05, 4.69) is 28.5 Å². The molecule has 2 N–H and O–H groups in total. The van der Waals surface area contributed by atoms with Gasteiger partial charge in [-0.05, 0) is 87.9 Å². The highest BCUT2D eigenvalue weighted by atomic mass is 16.2. The van der Waals surface area contributed by atoms with E-state index in [1.165, 1.54) is 23.8 Å². The fourth-order valence-corrected chi connectivity index (χ4v) is 4.89. The van der Waals surface area contributed by atoms with Crippen LogP contribution in [0.15, 0.2) is 36.5 Å². The monoisotopic (exact) mass is 459 g/mol. The number of likely N-dealkylation sites (N-methyl/N-ethyl adjacent to an activating group) is 1. The van der Waals surface area contributed by atoms with Crippen molar-refractivity contribution in [1.29, 1.82) is 5.26 Å². The van der Waals surface area contributed by atoms with Crippen LogP contribution in [0.2, 0.25) is 0 Å². The zero-order valence-corrected chi connectivity index (χ0v) is 20.1. The highest BCUT2D eigenvalue weighted by molar-refractivity contribution is 6.04. The van der Waals surface area contributed by atoms with Crippen LogP contribution < -0.4 is 5.32 Å². The highest BCUT2D eigenvalue weighted by Gasteiger charge is 2.25. The molecule has 2 aromatic rings. The third-order valence-corrected chi connectivity index (χ3v) is 6.76. The van der Waals surface area contributed by atoms with Crippen molar-refractivity contribution in [2.45, 2.75) is 44.4 Å². The number of hydrogen-bond donors (Lipinski definition) is 2. The predicted octanol–water partition coefficient (Wildman–Crippen LogP) is 4.36. The number of piperidine rings is 1. The minimum Gasteiger partial charge on any atom is -0.356 e. The number of benzene rings is 1. The van der Waals surface area contributed by atoms with Crippen molar-refractivity contribution in [2.75, 3.05) is 39.0 Å². The van der Waals surface area contributed by atoms with Gasteiger partial charge in [-0.25, -0.2) is 0 Å². The van der Waals surface area contributed by atoms with E-state index in [-0.39, 0.29) is 11.8 Å². The van der Waals surface area contributed by atoms with Crippen LogP contribution in [0.3, 0.4) is 0 Å². The average Bonchev–Trinajstić information content (AvgIpc) is 3.34. The number of likely N-dealkylation sites (tertiary alicyclic amines) is 1. The Morgan fingerprint density at radius 3 is 2.65 bits per heavy atom. The Kier molecular flexibility index (Phi) is 7.49. The molecular formula is C27H33N5O2. The molecule has 2 aliphatic rings. The largest absolute Gasteiger partial charge is 0.356 e. The van der Waals surface area contributed by atoms with Gasteiger partial charge in [-0.1, -0.05) is 12.1 Å². The molecule has 34 heavy (non-hydrogen) atoms. The average molecular weight is 460 g/mol. The molecule has 0 unspecified atom stereocenters. The van der Waals surface area contributed by atoms with Crippen molar-refractivity contribution >= 4 is 23.1 Å². The molecule has 0 spiro atoms. The Hall–Kier alpha value is -3.37. The number of amides is 2. The summed E-state index contributed by atoms with van der Waals surface area (Å²) in [6.45, 7) is 2.01. The number of hydrogen-bond acceptors (Lipinski definition) is 4. The van der Waals surface area contributed by atoms with E-state index in [4.69, 9.17) is 5.26 Å². The molecule has 1 aliphatic heterocycles. The predicted molar refractivity (Wildman–Crippen MR) is 133 cm³/mol. The first-order valence-electron chi connectivity index (χ1n) is 12.1. The Morgan fingerprint density at radius 1 is 1.21 bits per heavy atom. The molecule has 0 atom stereocenters. The van der Waals surface area contributed by atoms with Gasteiger partial charge in [-0.2, -0.15) is 5.26 Å². The van der Waals surface area contributed by atoms with E-state index in [9.17, 15) is 9.59 Å². The van der Waals surface area contributed by atoms with E-state index in [1.54, 1.807) is 6.07 Å². The molecule has 7 nitrogen and oxygen atoms in total. The third kappa shape index (κ3) is 5.57. The zero-order valence-electron chi connectivity index (χ0n) is 20.1. The lowest BCUT2D eigenvalue weighted by molar-refractivity contribution is -0.132. The summed E-state index contributed by atoms with van der Waals surface area (Å²) in [7, 11) is 3.84. The van der Waals surface area contributed by atoms with E-state index < -0.39 is 0 Å². The molecule has 0 saturated carbocycles. The maximum Gasteiger partial charge on any atom is 0.272 e. The van der Waals surface area contributed by atoms with Crippen LogP contribution >= 0.6 is 0 Å². The summed E-state index contributed by atoms with van der Waals surface area (Å²) < 4.78 is 0. The minimum atomic E-state index is -0.250. The molecule has 1 saturated heterocycles. The second-order valence-electron chi connectivity index (χ2n) is 9.54. The van der Waals surface area contributed by atoms with Crippen LogP contribution in [-0.2, 0) is 4.79 Å². The first kappa shape index (κ1) is 23.8. The molecule has 1 aromatic heterocycles. The van der Waals surface area contributed by atoms with Gasteiger partial charge in [-0.15, -0.1) is 0 Å². The summed E-state index contributed by atoms with van der Waals surface area (Å²) in [5.74, 6) is 0.343. The molecule has 0 radical (unpaired) electrons. The zero-order chi connectivity index (χ0) is 24.1. The molecule has 2 heterocycles. The first-order valence-corrected chi connectivity index (χ1v) is 12.1. The van der Waals surface area contributed by atoms with E-state index >= 15 is 0 Å². The number of H-pyrrole nitrogens is 1. The number of nitrogens with zero attached hydrogens (tertiary/aromatic N) is 3. The number of aromatic nitrogens is 1. The summed E-state index contributed by atoms with van der Waals surface area (Å²) in [6.07, 6.45) is 10.1. The smallest absolute Gasteiger partial charge is 0.272 e. The number of nitrogens with one attached hydrogen (secondary N) is 2. The molecule has 7 heteroatoms. The van der Waals surface area contributed by atoms with Crippen molar-refractivity contribution in [3.63, 3.8) is 0 Å². The quantitative estimate of drug-likeness (QED) is 0.671. The number of nitriles is 1. The number of carbonyl (C=O) groups excluding carboxylic acids is 2. The lowest BCUT2D eigenvalue weighted by Crippen LogP contribution is -2.42. The molecular weight excluding hydrogens is 426 g/mol. The van der Waals surface area contributed by atoms with Crippen molar-refractivity contribution < 1.29 is 9.59 Å². The van der Waals surface area contributed by atoms with Crippen molar-refractivity contribution in [1.82, 2.24) is 14.8 Å². The molecule has 178 valence electrons. The molecule has 1 aromatic carbocycles. The Morgan fingerprint density at radius 2 is 2.00 bits per heavy atom. The number of aromatic amines is 1. The molecule has 1 aliphatic carbocycles. The maximum atomic E-state index is 12.8. The van der Waals surface area contributed by atoms with Crippen LogP contribution in [0.1, 0.15) is 71.6 Å². The van der Waals surface area contributed by atoms with Crippen molar-refractivity contribution in [3.8, 4) is 6.07 Å². The SMILES string of the molecule is CN(C)CC(=O)N1CCC(c2ccc(NC(=O)c3cc(C#N)c[nH]3)c(C3=CCCCC3)c2)CC1. The number of anilines is 1. The summed E-state index contributed by atoms with van der Waals surface area (Å²) in [6, 6.07) is 9.97. The molecule has 0 bridgehead atoms. The van der Waals surface area contributed by atoms with Crippen LogP contribution in [0, 0.1) is 11.3 Å². The van der Waals surface area contributed by atoms with Gasteiger partial charge in [0.05, 0.1) is 12.1 Å². The standard InChI is InChI=1S/C27H33N5O2/c1-31(2)18-26(33)32-12-10-20(11-13-32)22-8-9-24(23(15-22)21-6-4-3-5-7-21)30-27(34)25-14-19(16-28)17-29-25/h6,8-9,14-15,17,20,29H,3-5,7,10-13,18H2,1-2H3,(H,30,34). The topological polar surface area (TPSA) is 92.2 Å². The number of carbonyl (C=O) groups is 2. The second kappa shape index (κ2) is 10.7. The molecule has 2 amide bonds. The maximum absolute atomic E-state index is 12.8. The van der Waals surface area contributed by atoms with Crippen molar-refractivity contribution in [3.05, 3.63) is 58.9 Å². The van der Waals surface area contributed by atoms with Crippen LogP contribution in [0.5, 0.6) is 0 Å². The second-order valence-corrected chi connectivity index (χ2v) is 9.54. The van der Waals surface area contributed by atoms with Gasteiger partial charge in [0.25, 0.3) is 5.91 Å². The van der Waals surface area contributed by atoms with Gasteiger partial charge >= 0.3 is 0 Å². The van der Waals surface area contributed by atoms with Crippen molar-refractivity contribution in [2.24, 2.45) is 0 Å². The normalized spacial score (nSPS) is 16.8. The summed E-state index contributed by atoms with van der Waals surface area (Å²) >= 11 is 0. The minimum absolute atomic E-state index is 0.193. The van der Waals surface area contributed by atoms with Crippen LogP contribution in [0.4, 0.5) is 5.69 Å². The van der Waals surface area contributed by atoms with Gasteiger partial charge in [0.15, 0.2) is 0 Å². The van der Waals surface area contributed by atoms with Crippen LogP contribution in [0.25, 0.3) is 5.57 Å². The molecule has 1 fully saturated rings. The fraction of sp³-hybridized carbons (Fsp3) is 0.444. The number of rotatable bonds is 6. The van der Waals surface area contributed by atoms with E-state index in [0.717, 1.165) is 56.4 Å². The first-order chi connectivity index (χ1) is 16.4. The summed E-state index contributed by atoms with van der Waals surface area (Å²) in [5, 5.41) is 12.1. The van der Waals surface area contributed by atoms with Gasteiger partial charge in [0.1, 0.15) is 11.8 Å². The van der Waals surface area contributed by atoms with E-state index in [0.29, 0.717) is 23.7 Å². The Labute approximate surface area is 201 Å². The third-order valence-electron chi connectivity index (χ3n) is 6.76. The van der Waals surface area contributed by atoms with Gasteiger partial charge in [0.2, 0.25) is 5.91 Å². The van der Waals surface area contributed by atoms with Gasteiger partial charge < -0.3 is 20.1 Å². The van der Waals surface area contributed by atoms with Gasteiger partial charge in [-0.3, -0.25) is 9.59 Å². The Balaban J connectivity index is 1.53. The lowest BCUT2D eigenvalue weighted by atomic mass is 9.85. The van der Waals surface area contributed by atoms with Gasteiger partial charge in [0, 0.05) is 30.5 Å².